The molecule has 1 unspecified atom stereocenters. The van der Waals surface area contributed by atoms with Gasteiger partial charge in [-0.15, -0.1) is 0 Å². The lowest BCUT2D eigenvalue weighted by Crippen LogP contribution is -2.33. The van der Waals surface area contributed by atoms with Gasteiger partial charge >= 0.3 is 6.09 Å². The summed E-state index contributed by atoms with van der Waals surface area (Å²) in [5.74, 6) is -0.982. The Kier molecular flexibility index (Phi) is 6.24. The number of benzene rings is 2. The summed E-state index contributed by atoms with van der Waals surface area (Å²) in [6, 6.07) is 16.4. The predicted octanol–water partition coefficient (Wildman–Crippen LogP) is 4.64. The van der Waals surface area contributed by atoms with E-state index >= 15 is 0 Å². The molecule has 2 aromatic carbocycles. The topological polar surface area (TPSA) is 83.4 Å². The molecule has 7 heteroatoms. The summed E-state index contributed by atoms with van der Waals surface area (Å²) in [7, 11) is 1.95. The zero-order valence-corrected chi connectivity index (χ0v) is 16.9. The summed E-state index contributed by atoms with van der Waals surface area (Å²) >= 11 is 6.49. The standard InChI is InChI=1S/C22H22ClN3O3/c1-14-10-11-26(2)20(14)17-9-8-16(12-19(17)23)25-21(27)18(13-24-22(28)29)15-6-4-3-5-7-15/h3-12,18,24H,13H2,1-2H3,(H,25,27)(H,28,29). The lowest BCUT2D eigenvalue weighted by Gasteiger charge is -2.18. The maximum absolute atomic E-state index is 12.9. The molecule has 1 atom stereocenters. The number of nitrogens with one attached hydrogen (secondary N) is 2. The molecule has 0 aliphatic heterocycles. The largest absolute Gasteiger partial charge is 0.465 e. The first-order valence-corrected chi connectivity index (χ1v) is 9.49. The Bertz CT molecular complexity index is 1010. The first kappa shape index (κ1) is 20.5. The summed E-state index contributed by atoms with van der Waals surface area (Å²) in [6.07, 6.45) is 0.792. The molecule has 0 aliphatic carbocycles. The summed E-state index contributed by atoms with van der Waals surface area (Å²) in [5, 5.41) is 14.6. The van der Waals surface area contributed by atoms with E-state index in [4.69, 9.17) is 16.7 Å². The molecule has 1 aromatic heterocycles. The quantitative estimate of drug-likeness (QED) is 0.552. The van der Waals surface area contributed by atoms with Gasteiger partial charge in [-0.05, 0) is 42.3 Å². The van der Waals surface area contributed by atoms with Gasteiger partial charge in [-0.1, -0.05) is 41.9 Å². The van der Waals surface area contributed by atoms with Crippen molar-refractivity contribution >= 4 is 29.3 Å². The number of halogens is 1. The van der Waals surface area contributed by atoms with Crippen molar-refractivity contribution in [2.24, 2.45) is 7.05 Å². The summed E-state index contributed by atoms with van der Waals surface area (Å²) < 4.78 is 2.00. The number of amides is 2. The van der Waals surface area contributed by atoms with Crippen molar-refractivity contribution in [3.05, 3.63) is 76.9 Å². The Morgan fingerprint density at radius 1 is 1.14 bits per heavy atom. The van der Waals surface area contributed by atoms with Crippen molar-refractivity contribution in [2.45, 2.75) is 12.8 Å². The van der Waals surface area contributed by atoms with Gasteiger partial charge in [0.1, 0.15) is 0 Å². The van der Waals surface area contributed by atoms with E-state index in [0.29, 0.717) is 10.7 Å². The van der Waals surface area contributed by atoms with Crippen molar-refractivity contribution in [3.8, 4) is 11.3 Å². The molecule has 3 aromatic rings. The summed E-state index contributed by atoms with van der Waals surface area (Å²) in [5.41, 5.74) is 4.27. The maximum Gasteiger partial charge on any atom is 0.404 e. The zero-order chi connectivity index (χ0) is 21.0. The maximum atomic E-state index is 12.9. The highest BCUT2D eigenvalue weighted by atomic mass is 35.5. The molecular formula is C22H22ClN3O3. The number of carbonyl (C=O) groups is 2. The highest BCUT2D eigenvalue weighted by molar-refractivity contribution is 6.33. The number of aryl methyl sites for hydroxylation is 2. The highest BCUT2D eigenvalue weighted by Crippen LogP contribution is 2.33. The van der Waals surface area contributed by atoms with Gasteiger partial charge in [0.15, 0.2) is 0 Å². The number of anilines is 1. The fourth-order valence-corrected chi connectivity index (χ4v) is 3.58. The fraction of sp³-hybridized carbons (Fsp3) is 0.182. The molecule has 1 heterocycles. The SMILES string of the molecule is Cc1ccn(C)c1-c1ccc(NC(=O)C(CNC(=O)O)c2ccccc2)cc1Cl. The van der Waals surface area contributed by atoms with Gasteiger partial charge in [0, 0.05) is 31.0 Å². The molecule has 0 fully saturated rings. The van der Waals surface area contributed by atoms with Crippen molar-refractivity contribution in [1.82, 2.24) is 9.88 Å². The van der Waals surface area contributed by atoms with Crippen LogP contribution >= 0.6 is 11.6 Å². The van der Waals surface area contributed by atoms with Crippen LogP contribution in [0.5, 0.6) is 0 Å². The molecule has 0 spiro atoms. The fourth-order valence-electron chi connectivity index (χ4n) is 3.31. The van der Waals surface area contributed by atoms with Crippen LogP contribution in [0.15, 0.2) is 60.8 Å². The van der Waals surface area contributed by atoms with Crippen LogP contribution in [0.2, 0.25) is 5.02 Å². The Morgan fingerprint density at radius 3 is 2.45 bits per heavy atom. The molecule has 0 bridgehead atoms. The van der Waals surface area contributed by atoms with E-state index in [2.05, 4.69) is 10.6 Å². The lowest BCUT2D eigenvalue weighted by molar-refractivity contribution is -0.117. The second-order valence-electron chi connectivity index (χ2n) is 6.79. The molecule has 3 N–H and O–H groups in total. The number of nitrogens with zero attached hydrogens (tertiary/aromatic N) is 1. The Labute approximate surface area is 174 Å². The monoisotopic (exact) mass is 411 g/mol. The van der Waals surface area contributed by atoms with Crippen molar-refractivity contribution in [2.75, 3.05) is 11.9 Å². The highest BCUT2D eigenvalue weighted by Gasteiger charge is 2.22. The number of aromatic nitrogens is 1. The molecule has 29 heavy (non-hydrogen) atoms. The number of hydrogen-bond acceptors (Lipinski definition) is 2. The number of carbonyl (C=O) groups excluding carboxylic acids is 1. The van der Waals surface area contributed by atoms with Gasteiger partial charge in [0.2, 0.25) is 5.91 Å². The first-order valence-electron chi connectivity index (χ1n) is 9.11. The van der Waals surface area contributed by atoms with Gasteiger partial charge < -0.3 is 20.3 Å². The van der Waals surface area contributed by atoms with Crippen molar-refractivity contribution < 1.29 is 14.7 Å². The average Bonchev–Trinajstić information content (AvgIpc) is 3.01. The van der Waals surface area contributed by atoms with Crippen molar-refractivity contribution in [3.63, 3.8) is 0 Å². The third-order valence-electron chi connectivity index (χ3n) is 4.74. The van der Waals surface area contributed by atoms with Crippen molar-refractivity contribution in [1.29, 1.82) is 0 Å². The number of hydrogen-bond donors (Lipinski definition) is 3. The third kappa shape index (κ3) is 4.78. The first-order chi connectivity index (χ1) is 13.9. The van der Waals surface area contributed by atoms with E-state index in [1.165, 1.54) is 0 Å². The summed E-state index contributed by atoms with van der Waals surface area (Å²) in [6.45, 7) is 1.99. The van der Waals surface area contributed by atoms with E-state index in [1.54, 1.807) is 24.3 Å². The molecule has 150 valence electrons. The zero-order valence-electron chi connectivity index (χ0n) is 16.1. The van der Waals surface area contributed by atoms with Crippen LogP contribution in [-0.2, 0) is 11.8 Å². The second-order valence-corrected chi connectivity index (χ2v) is 7.20. The number of carboxylic acid groups (broad SMARTS) is 1. The third-order valence-corrected chi connectivity index (χ3v) is 5.05. The Morgan fingerprint density at radius 2 is 1.86 bits per heavy atom. The Balaban J connectivity index is 1.82. The van der Waals surface area contributed by atoms with Gasteiger partial charge in [0.05, 0.1) is 16.6 Å². The molecule has 6 nitrogen and oxygen atoms in total. The van der Waals surface area contributed by atoms with Crippen LogP contribution in [0.1, 0.15) is 17.0 Å². The van der Waals surface area contributed by atoms with Crippen LogP contribution in [0.25, 0.3) is 11.3 Å². The van der Waals surface area contributed by atoms with Crippen LogP contribution in [0.4, 0.5) is 10.5 Å². The van der Waals surface area contributed by atoms with Crippen LogP contribution in [0.3, 0.4) is 0 Å². The van der Waals surface area contributed by atoms with Crippen LogP contribution in [0, 0.1) is 6.92 Å². The van der Waals surface area contributed by atoms with Gasteiger partial charge in [-0.2, -0.15) is 0 Å². The lowest BCUT2D eigenvalue weighted by atomic mass is 9.98. The molecule has 2 amide bonds. The minimum Gasteiger partial charge on any atom is -0.465 e. The van der Waals surface area contributed by atoms with Gasteiger partial charge in [0.25, 0.3) is 0 Å². The Hall–Kier alpha value is -3.25. The molecule has 3 rings (SSSR count). The smallest absolute Gasteiger partial charge is 0.404 e. The van der Waals surface area contributed by atoms with E-state index in [1.807, 2.05) is 55.1 Å². The van der Waals surface area contributed by atoms with E-state index in [9.17, 15) is 9.59 Å². The molecular weight excluding hydrogens is 390 g/mol. The minimum absolute atomic E-state index is 0.0282. The minimum atomic E-state index is -1.18. The van der Waals surface area contributed by atoms with Crippen LogP contribution in [-0.4, -0.2) is 28.2 Å². The van der Waals surface area contributed by atoms with Crippen LogP contribution < -0.4 is 10.6 Å². The molecule has 0 aliphatic rings. The summed E-state index contributed by atoms with van der Waals surface area (Å²) in [4.78, 5) is 23.8. The van der Waals surface area contributed by atoms with E-state index in [0.717, 1.165) is 22.4 Å². The van der Waals surface area contributed by atoms with Gasteiger partial charge in [-0.25, -0.2) is 4.79 Å². The predicted molar refractivity (Wildman–Crippen MR) is 114 cm³/mol. The molecule has 0 saturated carbocycles. The normalized spacial score (nSPS) is 11.7. The van der Waals surface area contributed by atoms with Gasteiger partial charge in [-0.3, -0.25) is 4.79 Å². The van der Waals surface area contributed by atoms with E-state index in [-0.39, 0.29) is 12.5 Å². The second kappa shape index (κ2) is 8.84. The number of rotatable bonds is 6. The van der Waals surface area contributed by atoms with E-state index < -0.39 is 12.0 Å². The average molecular weight is 412 g/mol. The molecule has 0 radical (unpaired) electrons. The molecule has 0 saturated heterocycles.